The van der Waals surface area contributed by atoms with E-state index < -0.39 is 18.0 Å². The first-order chi connectivity index (χ1) is 14.6. The van der Waals surface area contributed by atoms with Gasteiger partial charge in [0.15, 0.2) is 11.9 Å². The monoisotopic (exact) mass is 424 g/mol. The number of aryl methyl sites for hydroxylation is 1. The number of ketones is 1. The molecule has 30 heavy (non-hydrogen) atoms. The standard InChI is InChI=1S/C22H20N2O5S/c1-28-22(27)17-14-9-5-11-16(14)30-21(17)24-19(18(25)13-7-3-2-4-8-13)23-20(26)15-10-6-12-29-15/h2-4,6-8,10,12,19,24H,5,9,11H2,1H3,(H,23,26)/t19-/m0/s1. The fourth-order valence-electron chi connectivity index (χ4n) is 3.50. The van der Waals surface area contributed by atoms with Crippen LogP contribution in [0.2, 0.25) is 0 Å². The van der Waals surface area contributed by atoms with Crippen molar-refractivity contribution in [3.63, 3.8) is 0 Å². The van der Waals surface area contributed by atoms with E-state index in [-0.39, 0.29) is 11.5 Å². The van der Waals surface area contributed by atoms with Gasteiger partial charge in [-0.15, -0.1) is 11.3 Å². The second-order valence-corrected chi connectivity index (χ2v) is 7.92. The number of thiophene rings is 1. The first-order valence-electron chi connectivity index (χ1n) is 9.51. The molecule has 1 aliphatic rings. The Morgan fingerprint density at radius 2 is 1.90 bits per heavy atom. The van der Waals surface area contributed by atoms with E-state index in [0.29, 0.717) is 16.1 Å². The minimum absolute atomic E-state index is 0.0875. The van der Waals surface area contributed by atoms with Crippen molar-refractivity contribution in [1.29, 1.82) is 0 Å². The Morgan fingerprint density at radius 3 is 2.60 bits per heavy atom. The second-order valence-electron chi connectivity index (χ2n) is 6.81. The minimum Gasteiger partial charge on any atom is -0.465 e. The molecule has 1 aliphatic carbocycles. The van der Waals surface area contributed by atoms with E-state index in [2.05, 4.69) is 10.6 Å². The topological polar surface area (TPSA) is 97.6 Å². The average molecular weight is 424 g/mol. The summed E-state index contributed by atoms with van der Waals surface area (Å²) in [6, 6.07) is 11.8. The minimum atomic E-state index is -1.09. The van der Waals surface area contributed by atoms with Gasteiger partial charge in [0.05, 0.1) is 18.9 Å². The highest BCUT2D eigenvalue weighted by molar-refractivity contribution is 7.16. The summed E-state index contributed by atoms with van der Waals surface area (Å²) in [7, 11) is 1.33. The number of nitrogens with one attached hydrogen (secondary N) is 2. The molecule has 0 spiro atoms. The average Bonchev–Trinajstić information content (AvgIpc) is 3.50. The van der Waals surface area contributed by atoms with Gasteiger partial charge in [-0.05, 0) is 37.0 Å². The summed E-state index contributed by atoms with van der Waals surface area (Å²) in [5, 5.41) is 6.27. The van der Waals surface area contributed by atoms with Crippen LogP contribution in [0, 0.1) is 0 Å². The van der Waals surface area contributed by atoms with Gasteiger partial charge in [-0.2, -0.15) is 0 Å². The van der Waals surface area contributed by atoms with Crippen molar-refractivity contribution < 1.29 is 23.5 Å². The van der Waals surface area contributed by atoms with E-state index in [0.717, 1.165) is 29.7 Å². The number of rotatable bonds is 7. The number of esters is 1. The normalized spacial score (nSPS) is 13.4. The van der Waals surface area contributed by atoms with Crippen molar-refractivity contribution in [2.45, 2.75) is 25.4 Å². The van der Waals surface area contributed by atoms with Gasteiger partial charge in [0.2, 0.25) is 5.78 Å². The van der Waals surface area contributed by atoms with Crippen LogP contribution in [0.5, 0.6) is 0 Å². The molecule has 1 amide bonds. The number of hydrogen-bond acceptors (Lipinski definition) is 7. The fourth-order valence-corrected chi connectivity index (χ4v) is 4.81. The molecule has 7 nitrogen and oxygen atoms in total. The van der Waals surface area contributed by atoms with Crippen LogP contribution in [-0.4, -0.2) is 30.9 Å². The Morgan fingerprint density at radius 1 is 1.10 bits per heavy atom. The Kier molecular flexibility index (Phi) is 5.67. The summed E-state index contributed by atoms with van der Waals surface area (Å²) in [5.74, 6) is -1.24. The largest absolute Gasteiger partial charge is 0.465 e. The third kappa shape index (κ3) is 3.86. The van der Waals surface area contributed by atoms with Crippen LogP contribution in [0.15, 0.2) is 53.1 Å². The molecule has 1 aromatic carbocycles. The molecule has 4 rings (SSSR count). The van der Waals surface area contributed by atoms with Crippen molar-refractivity contribution in [2.24, 2.45) is 0 Å². The highest BCUT2D eigenvalue weighted by atomic mass is 32.1. The molecule has 2 aromatic heterocycles. The molecule has 2 N–H and O–H groups in total. The van der Waals surface area contributed by atoms with Crippen LogP contribution in [0.3, 0.4) is 0 Å². The summed E-state index contributed by atoms with van der Waals surface area (Å²) >= 11 is 1.42. The molecule has 2 heterocycles. The molecule has 1 atom stereocenters. The summed E-state index contributed by atoms with van der Waals surface area (Å²) in [5.41, 5.74) is 1.82. The molecule has 154 valence electrons. The van der Waals surface area contributed by atoms with Crippen LogP contribution >= 0.6 is 11.3 Å². The van der Waals surface area contributed by atoms with E-state index >= 15 is 0 Å². The molecule has 8 heteroatoms. The molecule has 0 saturated carbocycles. The predicted octanol–water partition coefficient (Wildman–Crippen LogP) is 3.67. The van der Waals surface area contributed by atoms with E-state index in [1.165, 1.54) is 30.8 Å². The lowest BCUT2D eigenvalue weighted by Gasteiger charge is -2.20. The molecule has 0 fully saturated rings. The number of benzene rings is 1. The van der Waals surface area contributed by atoms with Gasteiger partial charge >= 0.3 is 5.97 Å². The third-order valence-corrected chi connectivity index (χ3v) is 6.15. The highest BCUT2D eigenvalue weighted by Gasteiger charge is 2.31. The maximum absolute atomic E-state index is 13.2. The molecular weight excluding hydrogens is 404 g/mol. The quantitative estimate of drug-likeness (QED) is 0.341. The van der Waals surface area contributed by atoms with Crippen molar-refractivity contribution in [3.8, 4) is 0 Å². The van der Waals surface area contributed by atoms with Crippen LogP contribution in [0.1, 0.15) is 48.1 Å². The number of anilines is 1. The Balaban J connectivity index is 1.67. The summed E-state index contributed by atoms with van der Waals surface area (Å²) in [6.45, 7) is 0. The van der Waals surface area contributed by atoms with Gasteiger partial charge in [-0.3, -0.25) is 9.59 Å². The van der Waals surface area contributed by atoms with Crippen LogP contribution < -0.4 is 10.6 Å². The lowest BCUT2D eigenvalue weighted by Crippen LogP contribution is -2.46. The van der Waals surface area contributed by atoms with Crippen molar-refractivity contribution in [3.05, 3.63) is 76.1 Å². The number of amides is 1. The number of Topliss-reactive ketones (excluding diaryl/α,β-unsaturated/α-hetero) is 1. The van der Waals surface area contributed by atoms with E-state index in [1.807, 2.05) is 0 Å². The molecule has 0 radical (unpaired) electrons. The lowest BCUT2D eigenvalue weighted by atomic mass is 10.1. The molecule has 0 unspecified atom stereocenters. The second kappa shape index (κ2) is 8.54. The van der Waals surface area contributed by atoms with E-state index in [9.17, 15) is 14.4 Å². The fraction of sp³-hybridized carbons (Fsp3) is 0.227. The van der Waals surface area contributed by atoms with Crippen LogP contribution in [0.25, 0.3) is 0 Å². The smallest absolute Gasteiger partial charge is 0.341 e. The maximum Gasteiger partial charge on any atom is 0.341 e. The summed E-state index contributed by atoms with van der Waals surface area (Å²) in [4.78, 5) is 39.3. The highest BCUT2D eigenvalue weighted by Crippen LogP contribution is 2.39. The number of carbonyl (C=O) groups is 3. The summed E-state index contributed by atoms with van der Waals surface area (Å²) < 4.78 is 10.1. The Labute approximate surface area is 177 Å². The maximum atomic E-state index is 13.2. The number of fused-ring (bicyclic) bond motifs is 1. The number of ether oxygens (including phenoxy) is 1. The van der Waals surface area contributed by atoms with E-state index in [1.54, 1.807) is 36.4 Å². The van der Waals surface area contributed by atoms with Gasteiger partial charge in [0.25, 0.3) is 5.91 Å². The SMILES string of the molecule is COC(=O)c1c(N[C@H](NC(=O)c2ccco2)C(=O)c2ccccc2)sc2c1CCC2. The predicted molar refractivity (Wildman–Crippen MR) is 112 cm³/mol. The number of furan rings is 1. The van der Waals surface area contributed by atoms with Gasteiger partial charge in [-0.1, -0.05) is 30.3 Å². The molecular formula is C22H20N2O5S. The van der Waals surface area contributed by atoms with Crippen molar-refractivity contribution >= 4 is 34.0 Å². The van der Waals surface area contributed by atoms with Gasteiger partial charge < -0.3 is 19.8 Å². The van der Waals surface area contributed by atoms with Crippen LogP contribution in [0.4, 0.5) is 5.00 Å². The number of methoxy groups -OCH3 is 1. The van der Waals surface area contributed by atoms with E-state index in [4.69, 9.17) is 9.15 Å². The molecule has 0 bridgehead atoms. The Hall–Kier alpha value is -3.39. The first kappa shape index (κ1) is 19.9. The number of hydrogen-bond donors (Lipinski definition) is 2. The van der Waals surface area contributed by atoms with Crippen LogP contribution in [-0.2, 0) is 17.6 Å². The van der Waals surface area contributed by atoms with Gasteiger partial charge in [0, 0.05) is 10.4 Å². The zero-order valence-corrected chi connectivity index (χ0v) is 17.1. The third-order valence-electron chi connectivity index (χ3n) is 4.93. The lowest BCUT2D eigenvalue weighted by molar-refractivity contribution is 0.0600. The number of carbonyl (C=O) groups excluding carboxylic acids is 3. The first-order valence-corrected chi connectivity index (χ1v) is 10.3. The Bertz CT molecular complexity index is 1070. The molecule has 0 aliphatic heterocycles. The zero-order chi connectivity index (χ0) is 21.1. The molecule has 0 saturated heterocycles. The zero-order valence-electron chi connectivity index (χ0n) is 16.3. The van der Waals surface area contributed by atoms with Crippen molar-refractivity contribution in [2.75, 3.05) is 12.4 Å². The van der Waals surface area contributed by atoms with Gasteiger partial charge in [0.1, 0.15) is 5.00 Å². The molecule has 3 aromatic rings. The van der Waals surface area contributed by atoms with Crippen molar-refractivity contribution in [1.82, 2.24) is 5.32 Å². The summed E-state index contributed by atoms with van der Waals surface area (Å²) in [6.07, 6.45) is 2.94. The van der Waals surface area contributed by atoms with Gasteiger partial charge in [-0.25, -0.2) is 4.79 Å².